The van der Waals surface area contributed by atoms with Crippen molar-refractivity contribution < 1.29 is 44.7 Å². The molecule has 1 aromatic heterocycles. The lowest BCUT2D eigenvalue weighted by Gasteiger charge is -2.26. The van der Waals surface area contributed by atoms with Crippen LogP contribution in [-0.2, 0) is 27.2 Å². The van der Waals surface area contributed by atoms with E-state index in [-0.39, 0.29) is 22.9 Å². The summed E-state index contributed by atoms with van der Waals surface area (Å²) in [4.78, 5) is 50.3. The molecule has 0 saturated heterocycles. The number of carbonyl (C=O) groups is 4. The van der Waals surface area contributed by atoms with E-state index in [0.717, 1.165) is 16.0 Å². The maximum atomic E-state index is 13.0. The molecule has 5 aromatic rings. The SMILES string of the molecule is C[C@@H](C(=O)O)N(C(=O)c1cc2cc(O)ccc2cc1O)c1ccccn1.N[C@H](Cc1ccccc1)C(=O)O.N[C@H](Cc1ccccc1)C(=O)O. The van der Waals surface area contributed by atoms with Crippen LogP contribution in [-0.4, -0.2) is 72.5 Å². The number of carboxylic acid groups (broad SMARTS) is 3. The molecule has 1 amide bonds. The van der Waals surface area contributed by atoms with E-state index in [4.69, 9.17) is 21.7 Å². The van der Waals surface area contributed by atoms with Gasteiger partial charge >= 0.3 is 17.9 Å². The highest BCUT2D eigenvalue weighted by molar-refractivity contribution is 6.12. The summed E-state index contributed by atoms with van der Waals surface area (Å²) in [6.07, 6.45) is 2.22. The Hall–Kier alpha value is -6.31. The highest BCUT2D eigenvalue weighted by Crippen LogP contribution is 2.30. The molecule has 0 saturated carbocycles. The first-order valence-corrected chi connectivity index (χ1v) is 15.3. The first-order valence-electron chi connectivity index (χ1n) is 15.3. The Labute approximate surface area is 287 Å². The van der Waals surface area contributed by atoms with Crippen LogP contribution in [0.2, 0.25) is 0 Å². The van der Waals surface area contributed by atoms with Gasteiger partial charge in [-0.1, -0.05) is 72.8 Å². The predicted octanol–water partition coefficient (Wildman–Crippen LogP) is 4.05. The molecule has 5 rings (SSSR count). The number of nitrogens with zero attached hydrogens (tertiary/aromatic N) is 2. The molecule has 1 heterocycles. The molecule has 0 spiro atoms. The summed E-state index contributed by atoms with van der Waals surface area (Å²) in [6, 6.07) is 28.0. The summed E-state index contributed by atoms with van der Waals surface area (Å²) in [5, 5.41) is 47.5. The number of fused-ring (bicyclic) bond motifs is 1. The number of anilines is 1. The Bertz CT molecular complexity index is 1830. The summed E-state index contributed by atoms with van der Waals surface area (Å²) in [5.41, 5.74) is 12.5. The molecule has 0 aliphatic rings. The Morgan fingerprint density at radius 1 is 0.660 bits per heavy atom. The number of amides is 1. The van der Waals surface area contributed by atoms with Crippen molar-refractivity contribution in [3.05, 3.63) is 132 Å². The Morgan fingerprint density at radius 3 is 1.64 bits per heavy atom. The second-order valence-electron chi connectivity index (χ2n) is 11.0. The topological polar surface area (TPSA) is 238 Å². The van der Waals surface area contributed by atoms with E-state index in [2.05, 4.69) is 4.98 Å². The highest BCUT2D eigenvalue weighted by Gasteiger charge is 2.30. The molecule has 0 aliphatic heterocycles. The van der Waals surface area contributed by atoms with Crippen molar-refractivity contribution in [2.45, 2.75) is 37.9 Å². The van der Waals surface area contributed by atoms with E-state index in [1.807, 2.05) is 60.7 Å². The molecule has 260 valence electrons. The second-order valence-corrected chi connectivity index (χ2v) is 11.0. The third-order valence-electron chi connectivity index (χ3n) is 7.26. The fourth-order valence-electron chi connectivity index (χ4n) is 4.57. The van der Waals surface area contributed by atoms with Gasteiger partial charge in [0.15, 0.2) is 0 Å². The van der Waals surface area contributed by atoms with Crippen molar-refractivity contribution in [1.29, 1.82) is 0 Å². The number of benzene rings is 4. The molecule has 0 fully saturated rings. The number of aromatic nitrogens is 1. The highest BCUT2D eigenvalue weighted by atomic mass is 16.4. The molecule has 0 aliphatic carbocycles. The van der Waals surface area contributed by atoms with Crippen LogP contribution < -0.4 is 16.4 Å². The fraction of sp³-hybridized carbons (Fsp3) is 0.162. The number of hydrogen-bond acceptors (Lipinski definition) is 9. The van der Waals surface area contributed by atoms with E-state index in [1.54, 1.807) is 18.2 Å². The number of aliphatic carboxylic acids is 3. The van der Waals surface area contributed by atoms with Crippen molar-refractivity contribution in [1.82, 2.24) is 4.98 Å². The Balaban J connectivity index is 0.000000234. The standard InChI is InChI=1S/C19H16N2O5.2C9H11NO2/c1-11(19(25)26)21(17-4-2-3-7-20-17)18(24)15-9-13-8-14(22)6-5-12(13)10-16(15)23;2*10-8(9(11)12)6-7-4-2-1-3-5-7/h2-11,22-23H,1H3,(H,25,26);2*1-5,8H,6,10H2,(H,11,12)/t11-;2*8-/m011/s1. The van der Waals surface area contributed by atoms with Crippen LogP contribution in [0.4, 0.5) is 5.82 Å². The second kappa shape index (κ2) is 18.3. The van der Waals surface area contributed by atoms with Crippen LogP contribution in [0.1, 0.15) is 28.4 Å². The van der Waals surface area contributed by atoms with Gasteiger partial charge in [0.05, 0.1) is 5.56 Å². The van der Waals surface area contributed by atoms with E-state index < -0.39 is 41.9 Å². The van der Waals surface area contributed by atoms with E-state index >= 15 is 0 Å². The molecule has 3 atom stereocenters. The summed E-state index contributed by atoms with van der Waals surface area (Å²) in [6.45, 7) is 1.36. The van der Waals surface area contributed by atoms with Crippen molar-refractivity contribution in [3.8, 4) is 11.5 Å². The van der Waals surface area contributed by atoms with Gasteiger partial charge in [-0.25, -0.2) is 9.78 Å². The van der Waals surface area contributed by atoms with Crippen LogP contribution in [0.3, 0.4) is 0 Å². The number of phenols is 2. The lowest BCUT2D eigenvalue weighted by molar-refractivity contribution is -0.139. The first-order chi connectivity index (χ1) is 23.8. The van der Waals surface area contributed by atoms with Gasteiger partial charge in [-0.05, 0) is 78.1 Å². The third-order valence-corrected chi connectivity index (χ3v) is 7.26. The van der Waals surface area contributed by atoms with Gasteiger partial charge < -0.3 is 37.0 Å². The van der Waals surface area contributed by atoms with Crippen molar-refractivity contribution in [2.24, 2.45) is 11.5 Å². The molecular weight excluding hydrogens is 644 g/mol. The average Bonchev–Trinajstić information content (AvgIpc) is 3.10. The van der Waals surface area contributed by atoms with Crippen molar-refractivity contribution >= 4 is 40.4 Å². The van der Waals surface area contributed by atoms with E-state index in [0.29, 0.717) is 23.6 Å². The Kier molecular flexibility index (Phi) is 14.0. The van der Waals surface area contributed by atoms with E-state index in [1.165, 1.54) is 43.5 Å². The van der Waals surface area contributed by atoms with Crippen LogP contribution in [0.5, 0.6) is 11.5 Å². The summed E-state index contributed by atoms with van der Waals surface area (Å²) < 4.78 is 0. The van der Waals surface area contributed by atoms with Gasteiger partial charge in [0, 0.05) is 6.20 Å². The number of carbonyl (C=O) groups excluding carboxylic acids is 1. The number of phenolic OH excluding ortho intramolecular Hbond substituents is 2. The molecule has 9 N–H and O–H groups in total. The molecule has 0 unspecified atom stereocenters. The minimum Gasteiger partial charge on any atom is -0.508 e. The van der Waals surface area contributed by atoms with E-state index in [9.17, 15) is 34.5 Å². The summed E-state index contributed by atoms with van der Waals surface area (Å²) in [7, 11) is 0. The zero-order valence-corrected chi connectivity index (χ0v) is 27.0. The molecule has 4 aromatic carbocycles. The monoisotopic (exact) mass is 682 g/mol. The molecule has 50 heavy (non-hydrogen) atoms. The van der Waals surface area contributed by atoms with Crippen LogP contribution in [0, 0.1) is 0 Å². The predicted molar refractivity (Wildman–Crippen MR) is 187 cm³/mol. The lowest BCUT2D eigenvalue weighted by Crippen LogP contribution is -2.44. The fourth-order valence-corrected chi connectivity index (χ4v) is 4.57. The van der Waals surface area contributed by atoms with Crippen LogP contribution >= 0.6 is 0 Å². The number of carboxylic acids is 3. The largest absolute Gasteiger partial charge is 0.508 e. The average molecular weight is 683 g/mol. The first kappa shape index (κ1) is 38.1. The molecule has 0 bridgehead atoms. The van der Waals surface area contributed by atoms with Gasteiger partial charge in [0.1, 0.15) is 35.4 Å². The number of pyridine rings is 1. The summed E-state index contributed by atoms with van der Waals surface area (Å²) in [5.74, 6) is -3.95. The van der Waals surface area contributed by atoms with Crippen molar-refractivity contribution in [2.75, 3.05) is 4.90 Å². The van der Waals surface area contributed by atoms with Gasteiger partial charge in [0.25, 0.3) is 5.91 Å². The Morgan fingerprint density at radius 2 is 1.18 bits per heavy atom. The molecule has 13 heteroatoms. The van der Waals surface area contributed by atoms with Gasteiger partial charge in [0.2, 0.25) is 0 Å². The lowest BCUT2D eigenvalue weighted by atomic mass is 10.0. The smallest absolute Gasteiger partial charge is 0.326 e. The zero-order valence-electron chi connectivity index (χ0n) is 27.0. The molecule has 13 nitrogen and oxygen atoms in total. The maximum absolute atomic E-state index is 13.0. The maximum Gasteiger partial charge on any atom is 0.326 e. The number of nitrogens with two attached hydrogens (primary N) is 2. The zero-order chi connectivity index (χ0) is 36.8. The number of rotatable bonds is 10. The minimum atomic E-state index is -1.21. The van der Waals surface area contributed by atoms with Crippen LogP contribution in [0.25, 0.3) is 10.8 Å². The number of hydrogen-bond donors (Lipinski definition) is 7. The molecular formula is C37H38N4O9. The van der Waals surface area contributed by atoms with Gasteiger partial charge in [-0.15, -0.1) is 0 Å². The number of aromatic hydroxyl groups is 2. The summed E-state index contributed by atoms with van der Waals surface area (Å²) >= 11 is 0. The van der Waals surface area contributed by atoms with Gasteiger partial charge in [-0.2, -0.15) is 0 Å². The van der Waals surface area contributed by atoms with Gasteiger partial charge in [-0.3, -0.25) is 19.3 Å². The third kappa shape index (κ3) is 11.1. The molecule has 0 radical (unpaired) electrons. The van der Waals surface area contributed by atoms with Crippen molar-refractivity contribution in [3.63, 3.8) is 0 Å². The van der Waals surface area contributed by atoms with Crippen LogP contribution in [0.15, 0.2) is 115 Å². The minimum absolute atomic E-state index is 0.0158. The normalized spacial score (nSPS) is 12.1. The quantitative estimate of drug-likeness (QED) is 0.110.